The number of nitrogens with one attached hydrogen (secondary N) is 1. The number of amides is 1. The summed E-state index contributed by atoms with van der Waals surface area (Å²) in [7, 11) is 0. The molecule has 1 aromatic rings. The molecule has 2 rings (SSSR count). The van der Waals surface area contributed by atoms with Gasteiger partial charge in [-0.3, -0.25) is 4.79 Å². The van der Waals surface area contributed by atoms with Crippen LogP contribution in [0.2, 0.25) is 0 Å². The van der Waals surface area contributed by atoms with Crippen molar-refractivity contribution in [1.29, 1.82) is 0 Å². The van der Waals surface area contributed by atoms with E-state index in [1.54, 1.807) is 11.0 Å². The van der Waals surface area contributed by atoms with Crippen molar-refractivity contribution in [1.82, 2.24) is 5.32 Å². The van der Waals surface area contributed by atoms with Gasteiger partial charge in [-0.25, -0.2) is 0 Å². The molecule has 1 heterocycles. The van der Waals surface area contributed by atoms with Crippen LogP contribution >= 0.6 is 0 Å². The van der Waals surface area contributed by atoms with E-state index < -0.39 is 11.7 Å². The van der Waals surface area contributed by atoms with E-state index in [0.29, 0.717) is 25.1 Å². The molecule has 1 aliphatic heterocycles. The minimum atomic E-state index is -4.42. The van der Waals surface area contributed by atoms with Crippen LogP contribution in [0.25, 0.3) is 0 Å². The number of nitrogens with zero attached hydrogens (tertiary/aromatic N) is 1. The van der Waals surface area contributed by atoms with Crippen molar-refractivity contribution in [3.8, 4) is 0 Å². The molecule has 1 aromatic carbocycles. The summed E-state index contributed by atoms with van der Waals surface area (Å²) in [4.78, 5) is 12.7. The molecule has 1 fully saturated rings. The summed E-state index contributed by atoms with van der Waals surface area (Å²) in [6.45, 7) is 2.33. The van der Waals surface area contributed by atoms with Crippen LogP contribution in [0.4, 0.5) is 18.9 Å². The molecule has 1 unspecified atom stereocenters. The van der Waals surface area contributed by atoms with Crippen molar-refractivity contribution in [2.24, 2.45) is 5.73 Å². The predicted molar refractivity (Wildman–Crippen MR) is 73.8 cm³/mol. The molecule has 0 bridgehead atoms. The van der Waals surface area contributed by atoms with Gasteiger partial charge in [0, 0.05) is 38.3 Å². The van der Waals surface area contributed by atoms with Crippen LogP contribution in [0.3, 0.4) is 0 Å². The minimum absolute atomic E-state index is 0.0673. The minimum Gasteiger partial charge on any atom is -0.369 e. The quantitative estimate of drug-likeness (QED) is 0.896. The number of carbonyl (C=O) groups excluding carboxylic acids is 1. The fourth-order valence-corrected chi connectivity index (χ4v) is 2.60. The number of rotatable bonds is 3. The predicted octanol–water partition coefficient (Wildman–Crippen LogP) is 1.88. The van der Waals surface area contributed by atoms with Crippen LogP contribution < -0.4 is 16.0 Å². The first-order valence-electron chi connectivity index (χ1n) is 6.73. The maximum absolute atomic E-state index is 13.2. The molecule has 0 saturated carbocycles. The van der Waals surface area contributed by atoms with Gasteiger partial charge in [0.2, 0.25) is 5.91 Å². The first-order valence-corrected chi connectivity index (χ1v) is 6.73. The Balaban J connectivity index is 2.26. The fraction of sp³-hybridized carbons (Fsp3) is 0.500. The van der Waals surface area contributed by atoms with Crippen LogP contribution in [-0.2, 0) is 17.5 Å². The molecule has 1 saturated heterocycles. The van der Waals surface area contributed by atoms with E-state index in [1.165, 1.54) is 13.0 Å². The Labute approximate surface area is 121 Å². The van der Waals surface area contributed by atoms with Crippen LogP contribution in [0, 0.1) is 0 Å². The van der Waals surface area contributed by atoms with E-state index in [4.69, 9.17) is 5.73 Å². The van der Waals surface area contributed by atoms with Gasteiger partial charge in [0.1, 0.15) is 0 Å². The lowest BCUT2D eigenvalue weighted by Crippen LogP contribution is -2.35. The lowest BCUT2D eigenvalue weighted by Gasteiger charge is -2.24. The van der Waals surface area contributed by atoms with Gasteiger partial charge in [0.15, 0.2) is 0 Å². The third-order valence-electron chi connectivity index (χ3n) is 3.54. The van der Waals surface area contributed by atoms with Crippen LogP contribution in [0.5, 0.6) is 0 Å². The maximum atomic E-state index is 13.2. The normalized spacial score (nSPS) is 18.9. The summed E-state index contributed by atoms with van der Waals surface area (Å²) in [5.41, 5.74) is 5.34. The highest BCUT2D eigenvalue weighted by atomic mass is 19.4. The molecule has 0 aromatic heterocycles. The Kier molecular flexibility index (Phi) is 4.41. The zero-order chi connectivity index (χ0) is 15.6. The number of carbonyl (C=O) groups is 1. The maximum Gasteiger partial charge on any atom is 0.418 e. The van der Waals surface area contributed by atoms with E-state index in [9.17, 15) is 18.0 Å². The smallest absolute Gasteiger partial charge is 0.369 e. The zero-order valence-corrected chi connectivity index (χ0v) is 11.7. The summed E-state index contributed by atoms with van der Waals surface area (Å²) in [6.07, 6.45) is -3.79. The number of alkyl halides is 3. The second kappa shape index (κ2) is 5.93. The third kappa shape index (κ3) is 3.66. The third-order valence-corrected chi connectivity index (χ3v) is 3.54. The molecule has 0 aliphatic carbocycles. The summed E-state index contributed by atoms with van der Waals surface area (Å²) in [6, 6.07) is 4.05. The van der Waals surface area contributed by atoms with Gasteiger partial charge in [0.05, 0.1) is 5.56 Å². The van der Waals surface area contributed by atoms with Gasteiger partial charge in [-0.15, -0.1) is 0 Å². The van der Waals surface area contributed by atoms with Crippen molar-refractivity contribution in [3.63, 3.8) is 0 Å². The second-order valence-corrected chi connectivity index (χ2v) is 5.19. The number of anilines is 1. The molecule has 7 heteroatoms. The Morgan fingerprint density at radius 2 is 2.19 bits per heavy atom. The van der Waals surface area contributed by atoms with Crippen LogP contribution in [0.15, 0.2) is 18.2 Å². The van der Waals surface area contributed by atoms with Gasteiger partial charge >= 0.3 is 6.18 Å². The molecule has 21 heavy (non-hydrogen) atoms. The van der Waals surface area contributed by atoms with Crippen molar-refractivity contribution in [2.45, 2.75) is 32.1 Å². The first kappa shape index (κ1) is 15.6. The topological polar surface area (TPSA) is 58.4 Å². The van der Waals surface area contributed by atoms with Crippen LogP contribution in [-0.4, -0.2) is 25.0 Å². The summed E-state index contributed by atoms with van der Waals surface area (Å²) < 4.78 is 39.6. The molecule has 3 N–H and O–H groups in total. The van der Waals surface area contributed by atoms with Gasteiger partial charge in [-0.05, 0) is 24.1 Å². The highest BCUT2D eigenvalue weighted by molar-refractivity contribution is 5.73. The highest BCUT2D eigenvalue weighted by Crippen LogP contribution is 2.38. The largest absolute Gasteiger partial charge is 0.418 e. The molecular formula is C14H18F3N3O. The molecule has 1 atom stereocenters. The van der Waals surface area contributed by atoms with E-state index in [2.05, 4.69) is 5.32 Å². The lowest BCUT2D eigenvalue weighted by atomic mass is 10.1. The number of halogens is 3. The first-order chi connectivity index (χ1) is 9.81. The summed E-state index contributed by atoms with van der Waals surface area (Å²) in [5.74, 6) is -0.170. The number of benzene rings is 1. The van der Waals surface area contributed by atoms with Crippen molar-refractivity contribution < 1.29 is 18.0 Å². The van der Waals surface area contributed by atoms with Crippen LogP contribution in [0.1, 0.15) is 24.5 Å². The number of hydrogen-bond donors (Lipinski definition) is 2. The SMILES string of the molecule is CC(=O)NC1CCN(c2ccc(CN)cc2C(F)(F)F)C1. The summed E-state index contributed by atoms with van der Waals surface area (Å²) >= 11 is 0. The average molecular weight is 301 g/mol. The summed E-state index contributed by atoms with van der Waals surface area (Å²) in [5, 5.41) is 2.74. The molecule has 0 spiro atoms. The van der Waals surface area contributed by atoms with Crippen molar-refractivity contribution in [3.05, 3.63) is 29.3 Å². The van der Waals surface area contributed by atoms with Crippen molar-refractivity contribution in [2.75, 3.05) is 18.0 Å². The fourth-order valence-electron chi connectivity index (χ4n) is 2.60. The van der Waals surface area contributed by atoms with Gasteiger partial charge in [-0.1, -0.05) is 6.07 Å². The Morgan fingerprint density at radius 1 is 1.48 bits per heavy atom. The Bertz CT molecular complexity index is 531. The van der Waals surface area contributed by atoms with E-state index in [0.717, 1.165) is 6.07 Å². The second-order valence-electron chi connectivity index (χ2n) is 5.19. The average Bonchev–Trinajstić information content (AvgIpc) is 2.84. The van der Waals surface area contributed by atoms with Crippen molar-refractivity contribution >= 4 is 11.6 Å². The Hall–Kier alpha value is -1.76. The number of nitrogens with two attached hydrogens (primary N) is 1. The lowest BCUT2D eigenvalue weighted by molar-refractivity contribution is -0.137. The zero-order valence-electron chi connectivity index (χ0n) is 11.7. The number of hydrogen-bond acceptors (Lipinski definition) is 3. The molecule has 1 aliphatic rings. The molecule has 116 valence electrons. The van der Waals surface area contributed by atoms with Gasteiger partial charge < -0.3 is 16.0 Å². The molecule has 0 radical (unpaired) electrons. The molecule has 1 amide bonds. The van der Waals surface area contributed by atoms with E-state index in [1.807, 2.05) is 0 Å². The standard InChI is InChI=1S/C14H18F3N3O/c1-9(21)19-11-4-5-20(8-11)13-3-2-10(7-18)6-12(13)14(15,16)17/h2-3,6,11H,4-5,7-8,18H2,1H3,(H,19,21). The molecular weight excluding hydrogens is 283 g/mol. The highest BCUT2D eigenvalue weighted by Gasteiger charge is 2.36. The van der Waals surface area contributed by atoms with E-state index >= 15 is 0 Å². The molecule has 4 nitrogen and oxygen atoms in total. The monoisotopic (exact) mass is 301 g/mol. The van der Waals surface area contributed by atoms with Gasteiger partial charge in [0.25, 0.3) is 0 Å². The van der Waals surface area contributed by atoms with Gasteiger partial charge in [-0.2, -0.15) is 13.2 Å². The van der Waals surface area contributed by atoms with E-state index in [-0.39, 0.29) is 24.2 Å². The Morgan fingerprint density at radius 3 is 2.76 bits per heavy atom.